The SMILES string of the molecule is NC1=N[C@@H](c2ccccc2)CN1c1ccccc1. The predicted octanol–water partition coefficient (Wildman–Crippen LogP) is 2.56. The molecule has 0 unspecified atom stereocenters. The van der Waals surface area contributed by atoms with Crippen LogP contribution in [0.25, 0.3) is 0 Å². The van der Waals surface area contributed by atoms with Crippen LogP contribution in [0.1, 0.15) is 11.6 Å². The first-order valence-corrected chi connectivity index (χ1v) is 6.05. The van der Waals surface area contributed by atoms with Crippen LogP contribution in [0.4, 0.5) is 5.69 Å². The predicted molar refractivity (Wildman–Crippen MR) is 74.6 cm³/mol. The van der Waals surface area contributed by atoms with E-state index in [4.69, 9.17) is 5.73 Å². The number of anilines is 1. The number of benzene rings is 2. The second-order valence-corrected chi connectivity index (χ2v) is 4.36. The van der Waals surface area contributed by atoms with Crippen LogP contribution in [0.3, 0.4) is 0 Å². The zero-order valence-electron chi connectivity index (χ0n) is 10.0. The van der Waals surface area contributed by atoms with Gasteiger partial charge in [-0.05, 0) is 17.7 Å². The topological polar surface area (TPSA) is 41.6 Å². The van der Waals surface area contributed by atoms with E-state index in [0.29, 0.717) is 5.96 Å². The van der Waals surface area contributed by atoms with E-state index in [1.807, 2.05) is 36.4 Å². The minimum absolute atomic E-state index is 0.131. The number of para-hydroxylation sites is 1. The third-order valence-electron chi connectivity index (χ3n) is 3.17. The minimum atomic E-state index is 0.131. The fraction of sp³-hybridized carbons (Fsp3) is 0.133. The smallest absolute Gasteiger partial charge is 0.196 e. The lowest BCUT2D eigenvalue weighted by Gasteiger charge is -2.18. The van der Waals surface area contributed by atoms with Gasteiger partial charge in [-0.2, -0.15) is 0 Å². The van der Waals surface area contributed by atoms with E-state index in [1.165, 1.54) is 5.56 Å². The summed E-state index contributed by atoms with van der Waals surface area (Å²) in [5, 5.41) is 0. The first-order chi connectivity index (χ1) is 8.84. The normalized spacial score (nSPS) is 18.8. The quantitative estimate of drug-likeness (QED) is 0.872. The summed E-state index contributed by atoms with van der Waals surface area (Å²) in [5.41, 5.74) is 8.32. The molecule has 90 valence electrons. The molecule has 2 aromatic carbocycles. The van der Waals surface area contributed by atoms with E-state index in [2.05, 4.69) is 34.2 Å². The Bertz CT molecular complexity index is 548. The molecule has 2 aromatic rings. The van der Waals surface area contributed by atoms with Gasteiger partial charge in [-0.25, -0.2) is 4.99 Å². The lowest BCUT2D eigenvalue weighted by molar-refractivity contribution is 0.780. The summed E-state index contributed by atoms with van der Waals surface area (Å²) < 4.78 is 0. The van der Waals surface area contributed by atoms with Crippen LogP contribution in [-0.2, 0) is 0 Å². The molecule has 0 aromatic heterocycles. The molecule has 0 spiro atoms. The lowest BCUT2D eigenvalue weighted by Crippen LogP contribution is -2.33. The largest absolute Gasteiger partial charge is 0.369 e. The molecule has 0 saturated heterocycles. The van der Waals surface area contributed by atoms with E-state index in [9.17, 15) is 0 Å². The Morgan fingerprint density at radius 1 is 0.944 bits per heavy atom. The molecule has 0 aliphatic carbocycles. The molecular formula is C15H15N3. The van der Waals surface area contributed by atoms with Crippen molar-refractivity contribution >= 4 is 11.6 Å². The van der Waals surface area contributed by atoms with Crippen LogP contribution >= 0.6 is 0 Å². The van der Waals surface area contributed by atoms with Gasteiger partial charge in [-0.3, -0.25) is 0 Å². The molecule has 1 aliphatic heterocycles. The Morgan fingerprint density at radius 3 is 2.22 bits per heavy atom. The molecule has 0 amide bonds. The highest BCUT2D eigenvalue weighted by Gasteiger charge is 2.25. The van der Waals surface area contributed by atoms with Crippen molar-refractivity contribution < 1.29 is 0 Å². The number of rotatable bonds is 2. The van der Waals surface area contributed by atoms with Gasteiger partial charge in [-0.15, -0.1) is 0 Å². The first-order valence-electron chi connectivity index (χ1n) is 6.05. The maximum Gasteiger partial charge on any atom is 0.196 e. The van der Waals surface area contributed by atoms with Gasteiger partial charge in [0.1, 0.15) is 0 Å². The van der Waals surface area contributed by atoms with Gasteiger partial charge in [0.2, 0.25) is 0 Å². The molecule has 18 heavy (non-hydrogen) atoms. The number of aliphatic imine (C=N–C) groups is 1. The van der Waals surface area contributed by atoms with E-state index < -0.39 is 0 Å². The summed E-state index contributed by atoms with van der Waals surface area (Å²) in [6.07, 6.45) is 0. The van der Waals surface area contributed by atoms with Crippen molar-refractivity contribution in [3.05, 3.63) is 66.2 Å². The number of guanidine groups is 1. The van der Waals surface area contributed by atoms with Crippen LogP contribution in [0, 0.1) is 0 Å². The summed E-state index contributed by atoms with van der Waals surface area (Å²) in [5.74, 6) is 0.593. The van der Waals surface area contributed by atoms with Crippen molar-refractivity contribution in [3.63, 3.8) is 0 Å². The summed E-state index contributed by atoms with van der Waals surface area (Å²) in [6, 6.07) is 20.5. The Hall–Kier alpha value is -2.29. The van der Waals surface area contributed by atoms with Gasteiger partial charge in [0.25, 0.3) is 0 Å². The first kappa shape index (κ1) is 10.8. The molecule has 3 rings (SSSR count). The van der Waals surface area contributed by atoms with Crippen LogP contribution in [0.5, 0.6) is 0 Å². The Labute approximate surface area is 107 Å². The van der Waals surface area contributed by atoms with Gasteiger partial charge >= 0.3 is 0 Å². The van der Waals surface area contributed by atoms with E-state index in [-0.39, 0.29) is 6.04 Å². The summed E-state index contributed by atoms with van der Waals surface area (Å²) in [6.45, 7) is 0.805. The zero-order valence-corrected chi connectivity index (χ0v) is 10.0. The van der Waals surface area contributed by atoms with Gasteiger partial charge in [-0.1, -0.05) is 48.5 Å². The van der Waals surface area contributed by atoms with Crippen molar-refractivity contribution in [1.29, 1.82) is 0 Å². The number of hydrogen-bond acceptors (Lipinski definition) is 3. The highest BCUT2D eigenvalue weighted by atomic mass is 15.3. The van der Waals surface area contributed by atoms with Gasteiger partial charge in [0.05, 0.1) is 12.6 Å². The summed E-state index contributed by atoms with van der Waals surface area (Å²) in [7, 11) is 0. The second kappa shape index (κ2) is 4.53. The fourth-order valence-electron chi connectivity index (χ4n) is 2.24. The standard InChI is InChI=1S/C15H15N3/c16-15-17-14(12-7-3-1-4-8-12)11-18(15)13-9-5-2-6-10-13/h1-10,14H,11H2,(H2,16,17)/t14-/m1/s1. The van der Waals surface area contributed by atoms with Crippen LogP contribution < -0.4 is 10.6 Å². The van der Waals surface area contributed by atoms with Crippen LogP contribution in [0.15, 0.2) is 65.7 Å². The molecule has 0 bridgehead atoms. The zero-order chi connectivity index (χ0) is 12.4. The van der Waals surface area contributed by atoms with E-state index in [0.717, 1.165) is 12.2 Å². The van der Waals surface area contributed by atoms with Crippen molar-refractivity contribution in [2.45, 2.75) is 6.04 Å². The number of nitrogens with zero attached hydrogens (tertiary/aromatic N) is 2. The van der Waals surface area contributed by atoms with Crippen molar-refractivity contribution in [2.24, 2.45) is 10.7 Å². The molecule has 1 atom stereocenters. The summed E-state index contributed by atoms with van der Waals surface area (Å²) in [4.78, 5) is 6.59. The third kappa shape index (κ3) is 1.95. The molecule has 3 heteroatoms. The third-order valence-corrected chi connectivity index (χ3v) is 3.17. The van der Waals surface area contributed by atoms with Gasteiger partial charge in [0, 0.05) is 5.69 Å². The molecule has 3 nitrogen and oxygen atoms in total. The Morgan fingerprint density at radius 2 is 1.56 bits per heavy atom. The molecule has 1 heterocycles. The highest BCUT2D eigenvalue weighted by Crippen LogP contribution is 2.27. The number of hydrogen-bond donors (Lipinski definition) is 1. The summed E-state index contributed by atoms with van der Waals surface area (Å²) >= 11 is 0. The molecule has 2 N–H and O–H groups in total. The Balaban J connectivity index is 1.86. The second-order valence-electron chi connectivity index (χ2n) is 4.36. The van der Waals surface area contributed by atoms with Crippen molar-refractivity contribution in [2.75, 3.05) is 11.4 Å². The monoisotopic (exact) mass is 237 g/mol. The average Bonchev–Trinajstić information content (AvgIpc) is 2.83. The number of nitrogens with two attached hydrogens (primary N) is 1. The van der Waals surface area contributed by atoms with Crippen molar-refractivity contribution in [3.8, 4) is 0 Å². The van der Waals surface area contributed by atoms with E-state index >= 15 is 0 Å². The molecule has 0 saturated carbocycles. The van der Waals surface area contributed by atoms with E-state index in [1.54, 1.807) is 0 Å². The van der Waals surface area contributed by atoms with Crippen LogP contribution in [0.2, 0.25) is 0 Å². The molecule has 1 aliphatic rings. The lowest BCUT2D eigenvalue weighted by atomic mass is 10.1. The Kier molecular flexibility index (Phi) is 2.73. The van der Waals surface area contributed by atoms with Gasteiger partial charge < -0.3 is 10.6 Å². The van der Waals surface area contributed by atoms with Gasteiger partial charge in [0.15, 0.2) is 5.96 Å². The van der Waals surface area contributed by atoms with Crippen LogP contribution in [-0.4, -0.2) is 12.5 Å². The average molecular weight is 237 g/mol. The maximum atomic E-state index is 6.01. The van der Waals surface area contributed by atoms with Crippen molar-refractivity contribution in [1.82, 2.24) is 0 Å². The molecule has 0 fully saturated rings. The molecular weight excluding hydrogens is 222 g/mol. The fourth-order valence-corrected chi connectivity index (χ4v) is 2.24. The minimum Gasteiger partial charge on any atom is -0.369 e. The maximum absolute atomic E-state index is 6.01. The highest BCUT2D eigenvalue weighted by molar-refractivity contribution is 5.96. The molecule has 0 radical (unpaired) electrons.